The number of hydrogen-bond acceptors (Lipinski definition) is 4. The van der Waals surface area contributed by atoms with Crippen LogP contribution in [-0.2, 0) is 0 Å². The predicted octanol–water partition coefficient (Wildman–Crippen LogP) is 2.21. The van der Waals surface area contributed by atoms with E-state index in [-0.39, 0.29) is 11.8 Å². The highest BCUT2D eigenvalue weighted by Gasteiger charge is 2.50. The second kappa shape index (κ2) is 2.60. The van der Waals surface area contributed by atoms with Crippen molar-refractivity contribution < 1.29 is 4.52 Å². The minimum Gasteiger partial charge on any atom is -0.339 e. The predicted molar refractivity (Wildman–Crippen MR) is 51.9 cm³/mol. The molecule has 2 aliphatic carbocycles. The molecule has 3 atom stereocenters. The molecule has 0 aliphatic heterocycles. The number of hydrogen-bond donors (Lipinski definition) is 0. The lowest BCUT2D eigenvalue weighted by molar-refractivity contribution is 0.371. The van der Waals surface area contributed by atoms with Crippen LogP contribution in [0.1, 0.15) is 50.2 Å². The lowest BCUT2D eigenvalue weighted by Crippen LogP contribution is -1.92. The summed E-state index contributed by atoms with van der Waals surface area (Å²) in [6.07, 6.45) is 2.02. The van der Waals surface area contributed by atoms with Gasteiger partial charge in [-0.15, -0.1) is 0 Å². The maximum Gasteiger partial charge on any atom is 0.231 e. The molecule has 1 aromatic heterocycles. The Labute approximate surface area is 88.3 Å². The Morgan fingerprint density at radius 3 is 2.80 bits per heavy atom. The van der Waals surface area contributed by atoms with Crippen molar-refractivity contribution in [3.05, 3.63) is 11.7 Å². The van der Waals surface area contributed by atoms with Gasteiger partial charge < -0.3 is 4.52 Å². The smallest absolute Gasteiger partial charge is 0.231 e. The fourth-order valence-corrected chi connectivity index (χ4v) is 2.06. The monoisotopic (exact) mass is 203 g/mol. The molecule has 0 aromatic carbocycles. The molecule has 2 fully saturated rings. The number of nitrogens with zero attached hydrogens (tertiary/aromatic N) is 3. The summed E-state index contributed by atoms with van der Waals surface area (Å²) in [5.41, 5.74) is 0.333. The van der Waals surface area contributed by atoms with Gasteiger partial charge >= 0.3 is 0 Å². The van der Waals surface area contributed by atoms with Crippen LogP contribution in [0.2, 0.25) is 0 Å². The van der Waals surface area contributed by atoms with Crippen LogP contribution in [0.15, 0.2) is 4.52 Å². The van der Waals surface area contributed by atoms with Crippen molar-refractivity contribution in [3.8, 4) is 6.07 Å². The first kappa shape index (κ1) is 8.90. The zero-order valence-corrected chi connectivity index (χ0v) is 8.90. The van der Waals surface area contributed by atoms with Gasteiger partial charge in [0.2, 0.25) is 5.89 Å². The lowest BCUT2D eigenvalue weighted by Gasteiger charge is -1.95. The summed E-state index contributed by atoms with van der Waals surface area (Å²) >= 11 is 0. The van der Waals surface area contributed by atoms with Crippen molar-refractivity contribution >= 4 is 0 Å². The van der Waals surface area contributed by atoms with Crippen molar-refractivity contribution in [1.29, 1.82) is 5.26 Å². The summed E-state index contributed by atoms with van der Waals surface area (Å²) in [7, 11) is 0. The van der Waals surface area contributed by atoms with Crippen LogP contribution in [0, 0.1) is 22.7 Å². The fourth-order valence-electron chi connectivity index (χ4n) is 2.06. The maximum absolute atomic E-state index is 8.71. The topological polar surface area (TPSA) is 62.7 Å². The number of nitriles is 1. The van der Waals surface area contributed by atoms with Crippen molar-refractivity contribution in [2.24, 2.45) is 11.3 Å². The Hall–Kier alpha value is -1.37. The van der Waals surface area contributed by atoms with Crippen LogP contribution in [-0.4, -0.2) is 10.1 Å². The number of rotatable bonds is 2. The van der Waals surface area contributed by atoms with Gasteiger partial charge in [-0.25, -0.2) is 0 Å². The second-order valence-corrected chi connectivity index (χ2v) is 5.31. The van der Waals surface area contributed by atoms with Crippen molar-refractivity contribution in [1.82, 2.24) is 10.1 Å². The molecule has 4 heteroatoms. The highest BCUT2D eigenvalue weighted by atomic mass is 16.5. The van der Waals surface area contributed by atoms with Gasteiger partial charge in [0.15, 0.2) is 5.82 Å². The van der Waals surface area contributed by atoms with Gasteiger partial charge in [-0.1, -0.05) is 19.0 Å². The van der Waals surface area contributed by atoms with Gasteiger partial charge in [-0.3, -0.25) is 0 Å². The summed E-state index contributed by atoms with van der Waals surface area (Å²) in [4.78, 5) is 4.40. The molecule has 3 rings (SSSR count). The van der Waals surface area contributed by atoms with Crippen LogP contribution >= 0.6 is 0 Å². The molecule has 2 aliphatic rings. The zero-order valence-electron chi connectivity index (χ0n) is 8.90. The quantitative estimate of drug-likeness (QED) is 0.739. The van der Waals surface area contributed by atoms with Gasteiger partial charge in [0, 0.05) is 5.92 Å². The molecule has 1 aromatic rings. The summed E-state index contributed by atoms with van der Waals surface area (Å²) in [6, 6.07) is 2.23. The SMILES string of the molecule is CC1(C)CC1c1noc(C2CC2C#N)n1. The van der Waals surface area contributed by atoms with Gasteiger partial charge in [0.25, 0.3) is 0 Å². The van der Waals surface area contributed by atoms with Crippen LogP contribution in [0.3, 0.4) is 0 Å². The molecule has 0 spiro atoms. The summed E-state index contributed by atoms with van der Waals surface area (Å²) in [6.45, 7) is 4.42. The molecule has 78 valence electrons. The third-order valence-corrected chi connectivity index (χ3v) is 3.56. The van der Waals surface area contributed by atoms with Crippen LogP contribution in [0.25, 0.3) is 0 Å². The summed E-state index contributed by atoms with van der Waals surface area (Å²) < 4.78 is 5.20. The standard InChI is InChI=1S/C11H13N3O/c1-11(2)4-8(11)9-13-10(15-14-9)7-3-6(7)5-12/h6-8H,3-4H2,1-2H3. The lowest BCUT2D eigenvalue weighted by atomic mass is 10.1. The Bertz CT molecular complexity index is 443. The first-order chi connectivity index (χ1) is 7.12. The molecular formula is C11H13N3O. The molecule has 4 nitrogen and oxygen atoms in total. The first-order valence-corrected chi connectivity index (χ1v) is 5.35. The summed E-state index contributed by atoms with van der Waals surface area (Å²) in [5.74, 6) is 2.26. The van der Waals surface area contributed by atoms with E-state index >= 15 is 0 Å². The molecule has 0 bridgehead atoms. The molecule has 0 radical (unpaired) electrons. The minimum absolute atomic E-state index is 0.102. The molecule has 2 saturated carbocycles. The van der Waals surface area contributed by atoms with Crippen molar-refractivity contribution in [3.63, 3.8) is 0 Å². The average molecular weight is 203 g/mol. The van der Waals surface area contributed by atoms with E-state index in [1.54, 1.807) is 0 Å². The van der Waals surface area contributed by atoms with Crippen molar-refractivity contribution in [2.45, 2.75) is 38.5 Å². The molecule has 15 heavy (non-hydrogen) atoms. The third kappa shape index (κ3) is 1.34. The normalized spacial score (nSPS) is 35.9. The Kier molecular flexibility index (Phi) is 1.54. The van der Waals surface area contributed by atoms with E-state index in [0.717, 1.165) is 18.7 Å². The third-order valence-electron chi connectivity index (χ3n) is 3.56. The van der Waals surface area contributed by atoms with Crippen LogP contribution in [0.4, 0.5) is 0 Å². The van der Waals surface area contributed by atoms with Gasteiger partial charge in [0.05, 0.1) is 17.9 Å². The minimum atomic E-state index is 0.102. The zero-order chi connectivity index (χ0) is 10.6. The average Bonchev–Trinajstić information content (AvgIpc) is 3.04. The molecule has 0 amide bonds. The van der Waals surface area contributed by atoms with Crippen molar-refractivity contribution in [2.75, 3.05) is 0 Å². The molecule has 0 N–H and O–H groups in total. The Morgan fingerprint density at radius 1 is 1.53 bits per heavy atom. The van der Waals surface area contributed by atoms with Crippen LogP contribution in [0.5, 0.6) is 0 Å². The molecular weight excluding hydrogens is 190 g/mol. The van der Waals surface area contributed by atoms with E-state index in [2.05, 4.69) is 30.1 Å². The second-order valence-electron chi connectivity index (χ2n) is 5.31. The van der Waals surface area contributed by atoms with Crippen LogP contribution < -0.4 is 0 Å². The van der Waals surface area contributed by atoms with Gasteiger partial charge in [-0.2, -0.15) is 10.2 Å². The molecule has 0 saturated heterocycles. The van der Waals surface area contributed by atoms with Gasteiger partial charge in [-0.05, 0) is 18.3 Å². The Morgan fingerprint density at radius 2 is 2.27 bits per heavy atom. The fraction of sp³-hybridized carbons (Fsp3) is 0.727. The Balaban J connectivity index is 1.76. The van der Waals surface area contributed by atoms with Gasteiger partial charge in [0.1, 0.15) is 0 Å². The summed E-state index contributed by atoms with van der Waals surface area (Å²) in [5, 5.41) is 12.7. The van der Waals surface area contributed by atoms with E-state index < -0.39 is 0 Å². The van der Waals surface area contributed by atoms with E-state index in [1.807, 2.05) is 0 Å². The van der Waals surface area contributed by atoms with E-state index in [4.69, 9.17) is 9.78 Å². The maximum atomic E-state index is 8.71. The largest absolute Gasteiger partial charge is 0.339 e. The number of aromatic nitrogens is 2. The molecule has 1 heterocycles. The first-order valence-electron chi connectivity index (χ1n) is 5.35. The highest BCUT2D eigenvalue weighted by molar-refractivity contribution is 5.19. The van der Waals surface area contributed by atoms with E-state index in [0.29, 0.717) is 17.2 Å². The molecule has 3 unspecified atom stereocenters. The van der Waals surface area contributed by atoms with E-state index in [9.17, 15) is 0 Å². The highest BCUT2D eigenvalue weighted by Crippen LogP contribution is 2.58. The van der Waals surface area contributed by atoms with E-state index in [1.165, 1.54) is 0 Å².